The molecule has 2 aromatic carbocycles. The van der Waals surface area contributed by atoms with Gasteiger partial charge in [0, 0.05) is 18.2 Å². The molecule has 0 aliphatic carbocycles. The molecule has 0 fully saturated rings. The Labute approximate surface area is 109 Å². The van der Waals surface area contributed by atoms with Gasteiger partial charge in [0.2, 0.25) is 0 Å². The summed E-state index contributed by atoms with van der Waals surface area (Å²) in [5, 5.41) is 3.86. The van der Waals surface area contributed by atoms with Gasteiger partial charge in [-0.05, 0) is 36.4 Å². The fourth-order valence-corrected chi connectivity index (χ4v) is 1.75. The van der Waals surface area contributed by atoms with Gasteiger partial charge in [-0.25, -0.2) is 9.40 Å². The van der Waals surface area contributed by atoms with Crippen LogP contribution in [0.2, 0.25) is 0 Å². The van der Waals surface area contributed by atoms with Crippen molar-refractivity contribution in [2.24, 2.45) is 5.29 Å². The van der Waals surface area contributed by atoms with Crippen molar-refractivity contribution in [3.8, 4) is 0 Å². The number of anilines is 1. The highest BCUT2D eigenvalue weighted by molar-refractivity contribution is 6.12. The number of hydrogen-bond donors (Lipinski definition) is 0. The van der Waals surface area contributed by atoms with Crippen molar-refractivity contribution in [2.75, 3.05) is 12.1 Å². The van der Waals surface area contributed by atoms with Crippen molar-refractivity contribution < 1.29 is 9.18 Å². The van der Waals surface area contributed by atoms with Gasteiger partial charge < -0.3 is 0 Å². The van der Waals surface area contributed by atoms with E-state index in [2.05, 4.69) is 5.29 Å². The van der Waals surface area contributed by atoms with Crippen molar-refractivity contribution in [1.82, 2.24) is 0 Å². The fourth-order valence-electron chi connectivity index (χ4n) is 1.75. The van der Waals surface area contributed by atoms with Crippen molar-refractivity contribution in [2.45, 2.75) is 0 Å². The zero-order valence-electron chi connectivity index (χ0n) is 10.2. The van der Waals surface area contributed by atoms with Gasteiger partial charge in [0.05, 0.1) is 11.0 Å². The minimum absolute atomic E-state index is 0.286. The Morgan fingerprint density at radius 3 is 2.37 bits per heavy atom. The summed E-state index contributed by atoms with van der Waals surface area (Å²) in [5.74, 6) is -0.692. The van der Waals surface area contributed by atoms with Crippen LogP contribution in [0.4, 0.5) is 10.1 Å². The molecule has 2 aromatic rings. The topological polar surface area (TPSA) is 49.7 Å². The predicted octanol–water partition coefficient (Wildman–Crippen LogP) is 3.17. The molecule has 0 bridgehead atoms. The molecule has 0 heterocycles. The minimum atomic E-state index is -0.406. The molecule has 0 saturated heterocycles. The maximum Gasteiger partial charge on any atom is 0.195 e. The number of ketones is 1. The number of benzene rings is 2. The average molecular weight is 258 g/mol. The van der Waals surface area contributed by atoms with Crippen LogP contribution in [0.1, 0.15) is 15.9 Å². The summed E-state index contributed by atoms with van der Waals surface area (Å²) in [4.78, 5) is 22.9. The van der Waals surface area contributed by atoms with E-state index in [1.165, 1.54) is 31.3 Å². The van der Waals surface area contributed by atoms with E-state index in [1.54, 1.807) is 24.3 Å². The molecule has 0 aliphatic heterocycles. The normalized spacial score (nSPS) is 10.0. The Kier molecular flexibility index (Phi) is 3.66. The number of carbonyl (C=O) groups excluding carboxylic acids is 1. The number of rotatable bonds is 4. The van der Waals surface area contributed by atoms with Gasteiger partial charge in [-0.2, -0.15) is 0 Å². The van der Waals surface area contributed by atoms with Crippen molar-refractivity contribution in [1.29, 1.82) is 0 Å². The first-order valence-electron chi connectivity index (χ1n) is 5.60. The van der Waals surface area contributed by atoms with Crippen LogP contribution >= 0.6 is 0 Å². The van der Waals surface area contributed by atoms with Crippen LogP contribution in [0.25, 0.3) is 0 Å². The number of hydrogen-bond acceptors (Lipinski definition) is 3. The lowest BCUT2D eigenvalue weighted by atomic mass is 10.0. The lowest BCUT2D eigenvalue weighted by molar-refractivity contribution is 0.103. The molecular weight excluding hydrogens is 247 g/mol. The summed E-state index contributed by atoms with van der Waals surface area (Å²) < 4.78 is 12.8. The molecule has 0 spiro atoms. The van der Waals surface area contributed by atoms with Gasteiger partial charge in [-0.15, -0.1) is 4.91 Å². The van der Waals surface area contributed by atoms with Gasteiger partial charge in [0.15, 0.2) is 5.78 Å². The van der Waals surface area contributed by atoms with Gasteiger partial charge >= 0.3 is 0 Å². The number of carbonyl (C=O) groups is 1. The molecule has 5 heteroatoms. The van der Waals surface area contributed by atoms with Gasteiger partial charge in [0.25, 0.3) is 0 Å². The summed E-state index contributed by atoms with van der Waals surface area (Å²) in [7, 11) is 1.46. The van der Waals surface area contributed by atoms with Crippen LogP contribution in [0.3, 0.4) is 0 Å². The number of nitrogens with zero attached hydrogens (tertiary/aromatic N) is 2. The van der Waals surface area contributed by atoms with E-state index in [9.17, 15) is 14.1 Å². The molecule has 0 N–H and O–H groups in total. The van der Waals surface area contributed by atoms with E-state index >= 15 is 0 Å². The molecule has 0 saturated carbocycles. The highest BCUT2D eigenvalue weighted by atomic mass is 19.1. The standard InChI is InChI=1S/C14H11FN2O2/c1-17(16-19)13-5-3-2-4-12(13)14(18)10-6-8-11(15)9-7-10/h2-9H,1H3. The van der Waals surface area contributed by atoms with Crippen LogP contribution < -0.4 is 5.01 Å². The first-order valence-corrected chi connectivity index (χ1v) is 5.60. The van der Waals surface area contributed by atoms with E-state index in [0.717, 1.165) is 5.01 Å². The molecule has 0 radical (unpaired) electrons. The molecule has 0 amide bonds. The smallest absolute Gasteiger partial charge is 0.195 e. The van der Waals surface area contributed by atoms with E-state index in [1.807, 2.05) is 0 Å². The Morgan fingerprint density at radius 2 is 1.74 bits per heavy atom. The Bertz CT molecular complexity index is 611. The lowest BCUT2D eigenvalue weighted by Crippen LogP contribution is -2.13. The second-order valence-corrected chi connectivity index (χ2v) is 3.96. The molecule has 0 atom stereocenters. The summed E-state index contributed by atoms with van der Waals surface area (Å²) in [5.41, 5.74) is 1.11. The first-order chi connectivity index (χ1) is 9.13. The maximum absolute atomic E-state index is 12.8. The molecular formula is C14H11FN2O2. The van der Waals surface area contributed by atoms with Gasteiger partial charge in [-0.3, -0.25) is 4.79 Å². The van der Waals surface area contributed by atoms with Gasteiger partial charge in [0.1, 0.15) is 5.82 Å². The molecule has 2 rings (SSSR count). The molecule has 0 aliphatic rings. The van der Waals surface area contributed by atoms with Crippen LogP contribution in [0.15, 0.2) is 53.8 Å². The average Bonchev–Trinajstić information content (AvgIpc) is 2.46. The monoisotopic (exact) mass is 258 g/mol. The highest BCUT2D eigenvalue weighted by Crippen LogP contribution is 2.22. The largest absolute Gasteiger partial charge is 0.289 e. The maximum atomic E-state index is 12.8. The fraction of sp³-hybridized carbons (Fsp3) is 0.0714. The highest BCUT2D eigenvalue weighted by Gasteiger charge is 2.15. The third-order valence-corrected chi connectivity index (χ3v) is 2.73. The van der Waals surface area contributed by atoms with Crippen LogP contribution in [-0.4, -0.2) is 12.8 Å². The van der Waals surface area contributed by atoms with Crippen LogP contribution in [0, 0.1) is 10.7 Å². The zero-order chi connectivity index (χ0) is 13.8. The Morgan fingerprint density at radius 1 is 1.11 bits per heavy atom. The third-order valence-electron chi connectivity index (χ3n) is 2.73. The molecule has 0 unspecified atom stereocenters. The number of halogens is 1. The Hall–Kier alpha value is -2.56. The van der Waals surface area contributed by atoms with E-state index in [4.69, 9.17) is 0 Å². The summed E-state index contributed by atoms with van der Waals surface area (Å²) in [6.07, 6.45) is 0. The SMILES string of the molecule is CN(N=O)c1ccccc1C(=O)c1ccc(F)cc1. The van der Waals surface area contributed by atoms with Gasteiger partial charge in [-0.1, -0.05) is 12.1 Å². The Balaban J connectivity index is 2.44. The summed E-state index contributed by atoms with van der Waals surface area (Å²) in [6, 6.07) is 11.9. The number of nitroso groups, excluding NO2 is 1. The van der Waals surface area contributed by atoms with E-state index in [0.29, 0.717) is 16.8 Å². The van der Waals surface area contributed by atoms with Crippen LogP contribution in [-0.2, 0) is 0 Å². The summed E-state index contributed by atoms with van der Waals surface area (Å²) in [6.45, 7) is 0. The molecule has 4 nitrogen and oxygen atoms in total. The molecule has 0 aromatic heterocycles. The van der Waals surface area contributed by atoms with E-state index < -0.39 is 5.82 Å². The lowest BCUT2D eigenvalue weighted by Gasteiger charge is -2.13. The molecule has 19 heavy (non-hydrogen) atoms. The summed E-state index contributed by atoms with van der Waals surface area (Å²) >= 11 is 0. The van der Waals surface area contributed by atoms with Crippen molar-refractivity contribution >= 4 is 11.5 Å². The first kappa shape index (κ1) is 12.9. The van der Waals surface area contributed by atoms with Crippen molar-refractivity contribution in [3.05, 3.63) is 70.4 Å². The minimum Gasteiger partial charge on any atom is -0.289 e. The molecule has 96 valence electrons. The second-order valence-electron chi connectivity index (χ2n) is 3.96. The zero-order valence-corrected chi connectivity index (χ0v) is 10.2. The van der Waals surface area contributed by atoms with Crippen LogP contribution in [0.5, 0.6) is 0 Å². The van der Waals surface area contributed by atoms with Crippen molar-refractivity contribution in [3.63, 3.8) is 0 Å². The second kappa shape index (κ2) is 5.39. The number of para-hydroxylation sites is 1. The quantitative estimate of drug-likeness (QED) is 0.481. The predicted molar refractivity (Wildman–Crippen MR) is 70.5 cm³/mol. The van der Waals surface area contributed by atoms with E-state index in [-0.39, 0.29) is 5.78 Å². The third kappa shape index (κ3) is 2.65.